The van der Waals surface area contributed by atoms with Gasteiger partial charge >= 0.3 is 0 Å². The standard InChI is InChI=1S/C14H18N2O/c15-11-5-7-12(8-6-11)16-9-10-3-1-2-4-13(10)14(16)17/h1-4,11-12H,5-9,15H2. The molecule has 1 heterocycles. The van der Waals surface area contributed by atoms with Gasteiger partial charge in [0.05, 0.1) is 0 Å². The zero-order valence-corrected chi connectivity index (χ0v) is 9.93. The molecule has 1 fully saturated rings. The number of carbonyl (C=O) groups excluding carboxylic acids is 1. The van der Waals surface area contributed by atoms with Crippen LogP contribution in [0.25, 0.3) is 0 Å². The SMILES string of the molecule is NC1CCC(N2Cc3ccccc3C2=O)CC1. The van der Waals surface area contributed by atoms with Crippen LogP contribution in [0.2, 0.25) is 0 Å². The van der Waals surface area contributed by atoms with Crippen molar-refractivity contribution in [1.82, 2.24) is 4.90 Å². The smallest absolute Gasteiger partial charge is 0.254 e. The van der Waals surface area contributed by atoms with Gasteiger partial charge in [0.1, 0.15) is 0 Å². The topological polar surface area (TPSA) is 46.3 Å². The molecule has 1 aromatic rings. The Morgan fingerprint density at radius 1 is 1.12 bits per heavy atom. The molecule has 1 saturated carbocycles. The molecule has 0 bridgehead atoms. The first-order chi connectivity index (χ1) is 8.25. The molecule has 0 unspecified atom stereocenters. The Bertz CT molecular complexity index is 436. The molecule has 0 saturated heterocycles. The number of nitrogens with two attached hydrogens (primary N) is 1. The first kappa shape index (κ1) is 10.8. The fourth-order valence-corrected chi connectivity index (χ4v) is 2.99. The second-order valence-corrected chi connectivity index (χ2v) is 5.16. The van der Waals surface area contributed by atoms with Crippen LogP contribution >= 0.6 is 0 Å². The first-order valence-corrected chi connectivity index (χ1v) is 6.40. The largest absolute Gasteiger partial charge is 0.331 e. The normalized spacial score (nSPS) is 28.3. The second-order valence-electron chi connectivity index (χ2n) is 5.16. The highest BCUT2D eigenvalue weighted by atomic mass is 16.2. The minimum absolute atomic E-state index is 0.209. The molecule has 3 rings (SSSR count). The van der Waals surface area contributed by atoms with E-state index in [0.29, 0.717) is 12.1 Å². The van der Waals surface area contributed by atoms with Crippen LogP contribution in [-0.2, 0) is 6.54 Å². The van der Waals surface area contributed by atoms with E-state index >= 15 is 0 Å². The van der Waals surface area contributed by atoms with Gasteiger partial charge in [-0.2, -0.15) is 0 Å². The van der Waals surface area contributed by atoms with Crippen LogP contribution in [0.3, 0.4) is 0 Å². The van der Waals surface area contributed by atoms with Gasteiger partial charge in [-0.1, -0.05) is 18.2 Å². The number of carbonyl (C=O) groups is 1. The zero-order valence-electron chi connectivity index (χ0n) is 9.93. The van der Waals surface area contributed by atoms with Gasteiger partial charge in [0.25, 0.3) is 5.91 Å². The predicted molar refractivity (Wildman–Crippen MR) is 66.5 cm³/mol. The summed E-state index contributed by atoms with van der Waals surface area (Å²) in [6.07, 6.45) is 4.21. The minimum Gasteiger partial charge on any atom is -0.331 e. The van der Waals surface area contributed by atoms with E-state index < -0.39 is 0 Å². The number of fused-ring (bicyclic) bond motifs is 1. The number of amides is 1. The molecule has 3 heteroatoms. The lowest BCUT2D eigenvalue weighted by Gasteiger charge is -2.33. The Hall–Kier alpha value is -1.35. The van der Waals surface area contributed by atoms with Crippen molar-refractivity contribution in [2.75, 3.05) is 0 Å². The number of hydrogen-bond donors (Lipinski definition) is 1. The lowest BCUT2D eigenvalue weighted by molar-refractivity contribution is 0.0652. The maximum absolute atomic E-state index is 12.3. The van der Waals surface area contributed by atoms with E-state index in [4.69, 9.17) is 5.73 Å². The summed E-state index contributed by atoms with van der Waals surface area (Å²) < 4.78 is 0. The molecule has 2 aliphatic rings. The Morgan fingerprint density at radius 3 is 2.53 bits per heavy atom. The lowest BCUT2D eigenvalue weighted by atomic mass is 9.91. The van der Waals surface area contributed by atoms with Crippen molar-refractivity contribution in [3.8, 4) is 0 Å². The van der Waals surface area contributed by atoms with Gasteiger partial charge in [0, 0.05) is 24.2 Å². The third-order valence-corrected chi connectivity index (χ3v) is 4.03. The van der Waals surface area contributed by atoms with Crippen molar-refractivity contribution in [2.24, 2.45) is 5.73 Å². The van der Waals surface area contributed by atoms with Crippen LogP contribution in [0.5, 0.6) is 0 Å². The molecule has 1 aliphatic heterocycles. The number of benzene rings is 1. The fraction of sp³-hybridized carbons (Fsp3) is 0.500. The van der Waals surface area contributed by atoms with E-state index in [-0.39, 0.29) is 5.91 Å². The third-order valence-electron chi connectivity index (χ3n) is 4.03. The van der Waals surface area contributed by atoms with Crippen LogP contribution < -0.4 is 5.73 Å². The molecule has 3 nitrogen and oxygen atoms in total. The summed E-state index contributed by atoms with van der Waals surface area (Å²) >= 11 is 0. The van der Waals surface area contributed by atoms with Gasteiger partial charge < -0.3 is 10.6 Å². The molecule has 0 aromatic heterocycles. The van der Waals surface area contributed by atoms with E-state index in [1.165, 1.54) is 5.56 Å². The molecule has 90 valence electrons. The highest BCUT2D eigenvalue weighted by Crippen LogP contribution is 2.30. The molecule has 0 atom stereocenters. The van der Waals surface area contributed by atoms with Gasteiger partial charge in [0.2, 0.25) is 0 Å². The van der Waals surface area contributed by atoms with Gasteiger partial charge in [-0.15, -0.1) is 0 Å². The lowest BCUT2D eigenvalue weighted by Crippen LogP contribution is -2.40. The van der Waals surface area contributed by atoms with E-state index in [1.807, 2.05) is 23.1 Å². The first-order valence-electron chi connectivity index (χ1n) is 6.40. The molecule has 1 aliphatic carbocycles. The van der Waals surface area contributed by atoms with Crippen molar-refractivity contribution in [2.45, 2.75) is 44.3 Å². The van der Waals surface area contributed by atoms with Crippen molar-refractivity contribution < 1.29 is 4.79 Å². The number of rotatable bonds is 1. The maximum atomic E-state index is 12.3. The highest BCUT2D eigenvalue weighted by molar-refractivity contribution is 5.98. The van der Waals surface area contributed by atoms with Gasteiger partial charge in [0.15, 0.2) is 0 Å². The fourth-order valence-electron chi connectivity index (χ4n) is 2.99. The second kappa shape index (κ2) is 4.15. The Morgan fingerprint density at radius 2 is 1.82 bits per heavy atom. The third kappa shape index (κ3) is 1.84. The van der Waals surface area contributed by atoms with Gasteiger partial charge in [-0.05, 0) is 37.3 Å². The average molecular weight is 230 g/mol. The molecule has 2 N–H and O–H groups in total. The molecular weight excluding hydrogens is 212 g/mol. The summed E-state index contributed by atoms with van der Waals surface area (Å²) in [6.45, 7) is 0.787. The summed E-state index contributed by atoms with van der Waals surface area (Å²) in [6, 6.07) is 8.68. The summed E-state index contributed by atoms with van der Waals surface area (Å²) in [7, 11) is 0. The van der Waals surface area contributed by atoms with Crippen molar-refractivity contribution in [3.63, 3.8) is 0 Å². The minimum atomic E-state index is 0.209. The van der Waals surface area contributed by atoms with E-state index in [2.05, 4.69) is 6.07 Å². The van der Waals surface area contributed by atoms with Crippen LogP contribution in [0, 0.1) is 0 Å². The van der Waals surface area contributed by atoms with E-state index in [9.17, 15) is 4.79 Å². The van der Waals surface area contributed by atoms with Crippen LogP contribution in [0.1, 0.15) is 41.6 Å². The van der Waals surface area contributed by atoms with E-state index in [1.54, 1.807) is 0 Å². The quantitative estimate of drug-likeness (QED) is 0.801. The van der Waals surface area contributed by atoms with E-state index in [0.717, 1.165) is 37.8 Å². The molecule has 0 spiro atoms. The number of nitrogens with zero attached hydrogens (tertiary/aromatic N) is 1. The summed E-state index contributed by atoms with van der Waals surface area (Å²) in [5.41, 5.74) is 7.98. The summed E-state index contributed by atoms with van der Waals surface area (Å²) in [5, 5.41) is 0. The maximum Gasteiger partial charge on any atom is 0.254 e. The van der Waals surface area contributed by atoms with Gasteiger partial charge in [-0.25, -0.2) is 0 Å². The Kier molecular flexibility index (Phi) is 2.63. The van der Waals surface area contributed by atoms with Crippen molar-refractivity contribution in [1.29, 1.82) is 0 Å². The molecule has 17 heavy (non-hydrogen) atoms. The Labute approximate surface area is 102 Å². The zero-order chi connectivity index (χ0) is 11.8. The predicted octanol–water partition coefficient (Wildman–Crippen LogP) is 1.91. The van der Waals surface area contributed by atoms with Crippen molar-refractivity contribution >= 4 is 5.91 Å². The molecule has 1 aromatic carbocycles. The monoisotopic (exact) mass is 230 g/mol. The summed E-state index contributed by atoms with van der Waals surface area (Å²) in [5.74, 6) is 0.209. The van der Waals surface area contributed by atoms with Crippen molar-refractivity contribution in [3.05, 3.63) is 35.4 Å². The molecule has 1 amide bonds. The average Bonchev–Trinajstić information content (AvgIpc) is 2.69. The van der Waals surface area contributed by atoms with Crippen LogP contribution in [0.4, 0.5) is 0 Å². The van der Waals surface area contributed by atoms with Gasteiger partial charge in [-0.3, -0.25) is 4.79 Å². The van der Waals surface area contributed by atoms with Crippen LogP contribution in [0.15, 0.2) is 24.3 Å². The molecule has 0 radical (unpaired) electrons. The summed E-state index contributed by atoms with van der Waals surface area (Å²) in [4.78, 5) is 14.3. The highest BCUT2D eigenvalue weighted by Gasteiger charge is 2.33. The number of hydrogen-bond acceptors (Lipinski definition) is 2. The Balaban J connectivity index is 1.78. The molecular formula is C14H18N2O. The van der Waals surface area contributed by atoms with Crippen LogP contribution in [-0.4, -0.2) is 22.9 Å².